The lowest BCUT2D eigenvalue weighted by atomic mass is 10.1. The van der Waals surface area contributed by atoms with E-state index in [2.05, 4.69) is 10.0 Å². The van der Waals surface area contributed by atoms with E-state index < -0.39 is 10.0 Å². The molecule has 1 amide bonds. The molecule has 9 heteroatoms. The molecule has 2 N–H and O–H groups in total. The zero-order valence-electron chi connectivity index (χ0n) is 17.3. The Kier molecular flexibility index (Phi) is 8.48. The minimum Gasteiger partial charge on any atom is -0.351 e. The van der Waals surface area contributed by atoms with Crippen molar-refractivity contribution in [1.29, 1.82) is 0 Å². The molecule has 0 spiro atoms. The Morgan fingerprint density at radius 3 is 2.28 bits per heavy atom. The van der Waals surface area contributed by atoms with E-state index in [1.165, 1.54) is 12.1 Å². The van der Waals surface area contributed by atoms with Gasteiger partial charge in [0.2, 0.25) is 0 Å². The first-order valence-corrected chi connectivity index (χ1v) is 13.2. The first kappa shape index (κ1) is 24.5. The van der Waals surface area contributed by atoms with E-state index in [0.29, 0.717) is 44.9 Å². The van der Waals surface area contributed by atoms with Crippen LogP contribution in [0.4, 0.5) is 5.69 Å². The number of carbonyl (C=O) groups is 1. The summed E-state index contributed by atoms with van der Waals surface area (Å²) in [5.74, 6) is 1.05. The second-order valence-corrected chi connectivity index (χ2v) is 10.5. The molecule has 0 fully saturated rings. The lowest BCUT2D eigenvalue weighted by molar-refractivity contribution is 0.0955. The van der Waals surface area contributed by atoms with Crippen molar-refractivity contribution in [2.45, 2.75) is 17.6 Å². The maximum atomic E-state index is 12.7. The summed E-state index contributed by atoms with van der Waals surface area (Å²) in [6, 6.07) is 18.4. The van der Waals surface area contributed by atoms with E-state index in [9.17, 15) is 13.2 Å². The lowest BCUT2D eigenvalue weighted by Crippen LogP contribution is -2.27. The van der Waals surface area contributed by atoms with Gasteiger partial charge in [0.1, 0.15) is 0 Å². The summed E-state index contributed by atoms with van der Waals surface area (Å²) in [5.41, 5.74) is 2.21. The lowest BCUT2D eigenvalue weighted by Gasteiger charge is -2.14. The first-order chi connectivity index (χ1) is 15.3. The second-order valence-electron chi connectivity index (χ2n) is 6.91. The number of hydrogen-bond acceptors (Lipinski definition) is 4. The highest BCUT2D eigenvalue weighted by Crippen LogP contribution is 2.28. The molecule has 3 aromatic rings. The number of rotatable bonds is 9. The molecule has 0 unspecified atom stereocenters. The van der Waals surface area contributed by atoms with Crippen molar-refractivity contribution in [2.75, 3.05) is 17.0 Å². The molecular formula is C23H22Cl2N2O3S2. The van der Waals surface area contributed by atoms with Crippen LogP contribution >= 0.6 is 35.0 Å². The summed E-state index contributed by atoms with van der Waals surface area (Å²) < 4.78 is 27.8. The molecule has 0 atom stereocenters. The molecule has 0 saturated heterocycles. The van der Waals surface area contributed by atoms with E-state index in [0.717, 1.165) is 5.56 Å². The molecule has 0 aliphatic heterocycles. The fourth-order valence-electron chi connectivity index (χ4n) is 2.97. The van der Waals surface area contributed by atoms with E-state index in [1.807, 2.05) is 0 Å². The van der Waals surface area contributed by atoms with Gasteiger partial charge in [-0.1, -0.05) is 53.5 Å². The van der Waals surface area contributed by atoms with E-state index in [-0.39, 0.29) is 10.8 Å². The number of thioether (sulfide) groups is 1. The SMILES string of the molecule is Cc1c(NS(=O)(=O)c2ccccc2)cccc1C(=O)NCCSCc1c(Cl)cccc1Cl. The summed E-state index contributed by atoms with van der Waals surface area (Å²) >= 11 is 14.0. The molecule has 3 aromatic carbocycles. The van der Waals surface area contributed by atoms with Crippen LogP contribution in [-0.2, 0) is 15.8 Å². The standard InChI is InChI=1S/C23H22Cl2N2O3S2/c1-16-18(9-5-12-22(16)27-32(29,30)17-7-3-2-4-8-17)23(28)26-13-14-31-15-19-20(24)10-6-11-21(19)25/h2-12,27H,13-15H2,1H3,(H,26,28). The molecule has 0 bridgehead atoms. The Hall–Kier alpha value is -2.19. The molecule has 5 nitrogen and oxygen atoms in total. The molecule has 0 aromatic heterocycles. The monoisotopic (exact) mass is 508 g/mol. The smallest absolute Gasteiger partial charge is 0.261 e. The van der Waals surface area contributed by atoms with Crippen molar-refractivity contribution >= 4 is 56.6 Å². The minimum absolute atomic E-state index is 0.157. The van der Waals surface area contributed by atoms with Gasteiger partial charge in [-0.25, -0.2) is 8.42 Å². The van der Waals surface area contributed by atoms with E-state index >= 15 is 0 Å². The van der Waals surface area contributed by atoms with Gasteiger partial charge in [-0.15, -0.1) is 0 Å². The van der Waals surface area contributed by atoms with Crippen molar-refractivity contribution in [3.63, 3.8) is 0 Å². The van der Waals surface area contributed by atoms with Gasteiger partial charge in [0.05, 0.1) is 10.6 Å². The van der Waals surface area contributed by atoms with Crippen LogP contribution in [-0.4, -0.2) is 26.6 Å². The predicted octanol–water partition coefficient (Wildman–Crippen LogP) is 5.77. The van der Waals surface area contributed by atoms with Crippen molar-refractivity contribution < 1.29 is 13.2 Å². The summed E-state index contributed by atoms with van der Waals surface area (Å²) in [5, 5.41) is 4.12. The Labute approximate surface area is 202 Å². The van der Waals surface area contributed by atoms with Crippen molar-refractivity contribution in [2.24, 2.45) is 0 Å². The van der Waals surface area contributed by atoms with Crippen LogP contribution in [0.3, 0.4) is 0 Å². The first-order valence-electron chi connectivity index (χ1n) is 9.76. The van der Waals surface area contributed by atoms with Crippen LogP contribution in [0.15, 0.2) is 71.6 Å². The van der Waals surface area contributed by atoms with Crippen LogP contribution in [0.1, 0.15) is 21.5 Å². The van der Waals surface area contributed by atoms with Crippen molar-refractivity contribution in [3.8, 4) is 0 Å². The van der Waals surface area contributed by atoms with Gasteiger partial charge in [-0.3, -0.25) is 9.52 Å². The highest BCUT2D eigenvalue weighted by Gasteiger charge is 2.17. The van der Waals surface area contributed by atoms with Gasteiger partial charge < -0.3 is 5.32 Å². The summed E-state index contributed by atoms with van der Waals surface area (Å²) in [7, 11) is -3.74. The normalized spacial score (nSPS) is 11.2. The fourth-order valence-corrected chi connectivity index (χ4v) is 5.71. The molecule has 0 radical (unpaired) electrons. The molecule has 0 saturated carbocycles. The largest absolute Gasteiger partial charge is 0.351 e. The Morgan fingerprint density at radius 1 is 0.938 bits per heavy atom. The number of anilines is 1. The van der Waals surface area contributed by atoms with Crippen LogP contribution < -0.4 is 10.0 Å². The number of benzene rings is 3. The van der Waals surface area contributed by atoms with Crippen molar-refractivity contribution in [3.05, 3.63) is 93.5 Å². The zero-order valence-corrected chi connectivity index (χ0v) is 20.4. The van der Waals surface area contributed by atoms with Crippen LogP contribution in [0.2, 0.25) is 10.0 Å². The maximum absolute atomic E-state index is 12.7. The van der Waals surface area contributed by atoms with Crippen LogP contribution in [0, 0.1) is 6.92 Å². The molecular weight excluding hydrogens is 487 g/mol. The van der Waals surface area contributed by atoms with Crippen LogP contribution in [0.25, 0.3) is 0 Å². The molecule has 32 heavy (non-hydrogen) atoms. The molecule has 0 aliphatic carbocycles. The number of carbonyl (C=O) groups excluding carboxylic acids is 1. The fraction of sp³-hybridized carbons (Fsp3) is 0.174. The molecule has 0 heterocycles. The molecule has 168 valence electrons. The number of hydrogen-bond donors (Lipinski definition) is 2. The average molecular weight is 509 g/mol. The third kappa shape index (κ3) is 6.19. The van der Waals surface area contributed by atoms with Gasteiger partial charge in [0.25, 0.3) is 15.9 Å². The Balaban J connectivity index is 1.58. The number of nitrogens with one attached hydrogen (secondary N) is 2. The minimum atomic E-state index is -3.74. The maximum Gasteiger partial charge on any atom is 0.261 e. The van der Waals surface area contributed by atoms with E-state index in [4.69, 9.17) is 23.2 Å². The third-order valence-electron chi connectivity index (χ3n) is 4.72. The van der Waals surface area contributed by atoms with Gasteiger partial charge in [0, 0.05) is 33.7 Å². The summed E-state index contributed by atoms with van der Waals surface area (Å²) in [6.45, 7) is 2.16. The Morgan fingerprint density at radius 2 is 1.59 bits per heavy atom. The quantitative estimate of drug-likeness (QED) is 0.360. The van der Waals surface area contributed by atoms with Gasteiger partial charge in [-0.2, -0.15) is 11.8 Å². The number of halogens is 2. The van der Waals surface area contributed by atoms with Gasteiger partial charge >= 0.3 is 0 Å². The number of amides is 1. The van der Waals surface area contributed by atoms with Crippen LogP contribution in [0.5, 0.6) is 0 Å². The highest BCUT2D eigenvalue weighted by atomic mass is 35.5. The third-order valence-corrected chi connectivity index (χ3v) is 7.79. The highest BCUT2D eigenvalue weighted by molar-refractivity contribution is 7.98. The van der Waals surface area contributed by atoms with Crippen molar-refractivity contribution in [1.82, 2.24) is 5.32 Å². The predicted molar refractivity (Wildman–Crippen MR) is 133 cm³/mol. The second kappa shape index (κ2) is 11.1. The van der Waals surface area contributed by atoms with E-state index in [1.54, 1.807) is 73.3 Å². The topological polar surface area (TPSA) is 75.3 Å². The number of sulfonamides is 1. The molecule has 0 aliphatic rings. The van der Waals surface area contributed by atoms with Gasteiger partial charge in [-0.05, 0) is 54.4 Å². The van der Waals surface area contributed by atoms with Gasteiger partial charge in [0.15, 0.2) is 0 Å². The summed E-state index contributed by atoms with van der Waals surface area (Å²) in [6.07, 6.45) is 0. The average Bonchev–Trinajstić information content (AvgIpc) is 2.77. The Bertz CT molecular complexity index is 1180. The summed E-state index contributed by atoms with van der Waals surface area (Å²) in [4.78, 5) is 12.8. The zero-order chi connectivity index (χ0) is 23.1. The molecule has 3 rings (SSSR count).